The van der Waals surface area contributed by atoms with Crippen molar-refractivity contribution in [3.8, 4) is 0 Å². The number of ketones is 1. The highest BCUT2D eigenvalue weighted by Gasteiger charge is 2.14. The Bertz CT molecular complexity index is 398. The summed E-state index contributed by atoms with van der Waals surface area (Å²) >= 11 is 2.50. The van der Waals surface area contributed by atoms with Crippen molar-refractivity contribution >= 4 is 32.1 Å². The normalized spacial score (nSPS) is 9.50. The largest absolute Gasteiger partial charge is 0.284 e. The fourth-order valence-corrected chi connectivity index (χ4v) is 1.08. The lowest BCUT2D eigenvalue weighted by Crippen LogP contribution is -2.06. The number of nitro groups is 1. The van der Waals surface area contributed by atoms with Crippen LogP contribution in [-0.2, 0) is 4.79 Å². The van der Waals surface area contributed by atoms with Crippen LogP contribution in [0.2, 0.25) is 0 Å². The van der Waals surface area contributed by atoms with Crippen LogP contribution in [0.15, 0.2) is 24.3 Å². The maximum absolute atomic E-state index is 11.1. The van der Waals surface area contributed by atoms with Gasteiger partial charge in [-0.15, -0.1) is 0 Å². The van der Waals surface area contributed by atoms with E-state index in [-0.39, 0.29) is 11.3 Å². The van der Waals surface area contributed by atoms with Crippen LogP contribution < -0.4 is 0 Å². The number of nitrogens with zero attached hydrogens (tertiary/aromatic N) is 1. The van der Waals surface area contributed by atoms with Gasteiger partial charge in [-0.05, 0) is 12.1 Å². The predicted octanol–water partition coefficient (Wildman–Crippen LogP) is 1.70. The van der Waals surface area contributed by atoms with Gasteiger partial charge >= 0.3 is 0 Å². The van der Waals surface area contributed by atoms with Crippen molar-refractivity contribution in [1.82, 2.24) is 0 Å². The Labute approximate surface area is 87.0 Å². The summed E-state index contributed by atoms with van der Waals surface area (Å²) in [5.41, 5.74) is 0.000969. The van der Waals surface area contributed by atoms with Crippen LogP contribution in [-0.4, -0.2) is 15.4 Å². The third kappa shape index (κ3) is 2.23. The third-order valence-corrected chi connectivity index (χ3v) is 1.88. The molecule has 72 valence electrons. The fraction of sp³-hybridized carbons (Fsp3) is 0. The van der Waals surface area contributed by atoms with Crippen LogP contribution >= 0.6 is 15.9 Å². The molecule has 5 nitrogen and oxygen atoms in total. The zero-order valence-corrected chi connectivity index (χ0v) is 8.35. The summed E-state index contributed by atoms with van der Waals surface area (Å²) in [7, 11) is 0. The number of non-ortho nitro benzene ring substituents is 1. The molecular formula is C8H4BrNO4. The van der Waals surface area contributed by atoms with E-state index in [1.54, 1.807) is 0 Å². The number of hydrogen-bond acceptors (Lipinski definition) is 4. The van der Waals surface area contributed by atoms with E-state index in [9.17, 15) is 19.7 Å². The number of rotatable bonds is 3. The van der Waals surface area contributed by atoms with Crippen LogP contribution in [0.25, 0.3) is 0 Å². The van der Waals surface area contributed by atoms with Gasteiger partial charge in [-0.25, -0.2) is 0 Å². The van der Waals surface area contributed by atoms with E-state index in [1.165, 1.54) is 24.3 Å². The Balaban J connectivity index is 3.00. The molecule has 0 saturated heterocycles. The molecule has 0 aliphatic heterocycles. The van der Waals surface area contributed by atoms with Gasteiger partial charge in [0.05, 0.1) is 4.92 Å². The van der Waals surface area contributed by atoms with Gasteiger partial charge < -0.3 is 0 Å². The van der Waals surface area contributed by atoms with Crippen molar-refractivity contribution < 1.29 is 14.5 Å². The summed E-state index contributed by atoms with van der Waals surface area (Å²) < 4.78 is -0.772. The number of halogens is 1. The van der Waals surface area contributed by atoms with Crippen molar-refractivity contribution in [2.45, 2.75) is 0 Å². The summed E-state index contributed by atoms with van der Waals surface area (Å²) in [6, 6.07) is 4.81. The second-order valence-corrected chi connectivity index (χ2v) is 3.13. The van der Waals surface area contributed by atoms with E-state index in [1.807, 2.05) is 0 Å². The van der Waals surface area contributed by atoms with Gasteiger partial charge in [0.1, 0.15) is 0 Å². The zero-order chi connectivity index (χ0) is 10.7. The average molecular weight is 258 g/mol. The van der Waals surface area contributed by atoms with Gasteiger partial charge in [-0.2, -0.15) is 0 Å². The summed E-state index contributed by atoms with van der Waals surface area (Å²) in [5.74, 6) is -0.722. The zero-order valence-electron chi connectivity index (χ0n) is 6.77. The van der Waals surface area contributed by atoms with Gasteiger partial charge in [0.15, 0.2) is 0 Å². The van der Waals surface area contributed by atoms with Gasteiger partial charge in [-0.3, -0.25) is 19.7 Å². The van der Waals surface area contributed by atoms with Crippen molar-refractivity contribution in [2.75, 3.05) is 0 Å². The number of carbonyl (C=O) groups excluding carboxylic acids is 2. The highest BCUT2D eigenvalue weighted by molar-refractivity contribution is 9.19. The molecule has 1 aromatic carbocycles. The molecule has 6 heteroatoms. The van der Waals surface area contributed by atoms with E-state index in [4.69, 9.17) is 0 Å². The van der Waals surface area contributed by atoms with Gasteiger partial charge in [0.2, 0.25) is 5.78 Å². The molecule has 0 bridgehead atoms. The maximum atomic E-state index is 11.1. The van der Waals surface area contributed by atoms with Crippen LogP contribution in [0.5, 0.6) is 0 Å². The number of hydrogen-bond donors (Lipinski definition) is 0. The molecule has 0 N–H and O–H groups in total. The van der Waals surface area contributed by atoms with E-state index < -0.39 is 15.4 Å². The standard InChI is InChI=1S/C8H4BrNO4/c9-8(12)7(11)5-1-3-6(4-2-5)10(13)14/h1-4H. The van der Waals surface area contributed by atoms with Crippen LogP contribution in [0.3, 0.4) is 0 Å². The van der Waals surface area contributed by atoms with Crippen molar-refractivity contribution in [2.24, 2.45) is 0 Å². The Morgan fingerprint density at radius 1 is 1.21 bits per heavy atom. The smallest absolute Gasteiger partial charge is 0.269 e. The minimum absolute atomic E-state index is 0.122. The quantitative estimate of drug-likeness (QED) is 0.272. The van der Waals surface area contributed by atoms with E-state index in [0.717, 1.165) is 0 Å². The first kappa shape index (κ1) is 10.5. The molecule has 1 aromatic rings. The first-order valence-electron chi connectivity index (χ1n) is 3.51. The average Bonchev–Trinajstić information content (AvgIpc) is 2.16. The molecule has 0 aliphatic carbocycles. The minimum Gasteiger partial charge on any atom is -0.284 e. The lowest BCUT2D eigenvalue weighted by Gasteiger charge is -1.94. The van der Waals surface area contributed by atoms with Crippen LogP contribution in [0, 0.1) is 10.1 Å². The molecule has 0 spiro atoms. The first-order valence-corrected chi connectivity index (χ1v) is 4.30. The second kappa shape index (κ2) is 4.10. The van der Waals surface area contributed by atoms with Gasteiger partial charge in [-0.1, -0.05) is 0 Å². The highest BCUT2D eigenvalue weighted by atomic mass is 79.9. The summed E-state index contributed by atoms with van der Waals surface area (Å²) in [5, 5.41) is 10.3. The van der Waals surface area contributed by atoms with E-state index in [2.05, 4.69) is 15.9 Å². The molecular weight excluding hydrogens is 254 g/mol. The molecule has 0 amide bonds. The Hall–Kier alpha value is -1.56. The number of benzene rings is 1. The number of Topliss-reactive ketones (excluding diaryl/α,β-unsaturated/α-hetero) is 1. The van der Waals surface area contributed by atoms with E-state index >= 15 is 0 Å². The third-order valence-electron chi connectivity index (χ3n) is 1.52. The summed E-state index contributed by atoms with van der Waals surface area (Å²) in [6.07, 6.45) is 0. The Morgan fingerprint density at radius 2 is 1.71 bits per heavy atom. The number of nitro benzene ring substituents is 1. The molecule has 14 heavy (non-hydrogen) atoms. The minimum atomic E-state index is -0.772. The second-order valence-electron chi connectivity index (χ2n) is 2.41. The van der Waals surface area contributed by atoms with Gasteiger partial charge in [0, 0.05) is 33.6 Å². The van der Waals surface area contributed by atoms with Crippen LogP contribution in [0.4, 0.5) is 5.69 Å². The lowest BCUT2D eigenvalue weighted by molar-refractivity contribution is -0.384. The molecule has 0 heterocycles. The molecule has 0 unspecified atom stereocenters. The molecule has 1 rings (SSSR count). The number of carbonyl (C=O) groups is 2. The molecule has 0 saturated carbocycles. The van der Waals surface area contributed by atoms with Crippen molar-refractivity contribution in [3.63, 3.8) is 0 Å². The topological polar surface area (TPSA) is 77.3 Å². The van der Waals surface area contributed by atoms with Gasteiger partial charge in [0.25, 0.3) is 10.4 Å². The summed E-state index contributed by atoms with van der Waals surface area (Å²) in [4.78, 5) is 31.3. The molecule has 0 atom stereocenters. The monoisotopic (exact) mass is 257 g/mol. The van der Waals surface area contributed by atoms with Crippen molar-refractivity contribution in [1.29, 1.82) is 0 Å². The first-order chi connectivity index (χ1) is 6.52. The lowest BCUT2D eigenvalue weighted by atomic mass is 10.1. The summed E-state index contributed by atoms with van der Waals surface area (Å²) in [6.45, 7) is 0. The maximum Gasteiger partial charge on any atom is 0.269 e. The SMILES string of the molecule is O=C(Br)C(=O)c1ccc([N+](=O)[O-])cc1. The molecule has 0 aliphatic rings. The van der Waals surface area contributed by atoms with E-state index in [0.29, 0.717) is 0 Å². The predicted molar refractivity (Wildman–Crippen MR) is 51.4 cm³/mol. The highest BCUT2D eigenvalue weighted by Crippen LogP contribution is 2.13. The Kier molecular flexibility index (Phi) is 3.08. The molecule has 0 radical (unpaired) electrons. The van der Waals surface area contributed by atoms with Crippen LogP contribution in [0.1, 0.15) is 10.4 Å². The molecule has 0 aromatic heterocycles. The van der Waals surface area contributed by atoms with Crippen molar-refractivity contribution in [3.05, 3.63) is 39.9 Å². The Morgan fingerprint density at radius 3 is 2.07 bits per heavy atom. The fourth-order valence-electron chi connectivity index (χ4n) is 0.848. The molecule has 0 fully saturated rings.